The van der Waals surface area contributed by atoms with Gasteiger partial charge in [0.1, 0.15) is 0 Å². The van der Waals surface area contributed by atoms with Gasteiger partial charge >= 0.3 is 0 Å². The van der Waals surface area contributed by atoms with Gasteiger partial charge in [-0.2, -0.15) is 0 Å². The molecule has 4 nitrogen and oxygen atoms in total. The Bertz CT molecular complexity index is 264. The summed E-state index contributed by atoms with van der Waals surface area (Å²) in [5.74, 6) is 0. The van der Waals surface area contributed by atoms with E-state index >= 15 is 0 Å². The van der Waals surface area contributed by atoms with Crippen molar-refractivity contribution < 1.29 is 0 Å². The molecule has 1 unspecified atom stereocenters. The van der Waals surface area contributed by atoms with E-state index in [-0.39, 0.29) is 0 Å². The van der Waals surface area contributed by atoms with Crippen LogP contribution >= 0.6 is 0 Å². The van der Waals surface area contributed by atoms with Gasteiger partial charge in [-0.3, -0.25) is 4.90 Å². The first-order valence-corrected chi connectivity index (χ1v) is 5.81. The fraction of sp³-hybridized carbons (Fsp3) is 0.727. The number of imidazole rings is 1. The maximum atomic E-state index is 4.04. The van der Waals surface area contributed by atoms with Crippen molar-refractivity contribution in [3.05, 3.63) is 18.2 Å². The molecule has 1 fully saturated rings. The van der Waals surface area contributed by atoms with Crippen LogP contribution in [0, 0.1) is 0 Å². The first-order chi connectivity index (χ1) is 7.38. The Balaban J connectivity index is 1.81. The Morgan fingerprint density at radius 3 is 3.13 bits per heavy atom. The van der Waals surface area contributed by atoms with Gasteiger partial charge in [0.05, 0.1) is 6.33 Å². The maximum absolute atomic E-state index is 4.04. The SMILES string of the molecule is CCN(Cc1cnc[nH]1)CC1CCCN1. The van der Waals surface area contributed by atoms with Crippen molar-refractivity contribution in [2.75, 3.05) is 19.6 Å². The molecule has 0 aliphatic carbocycles. The second-order valence-electron chi connectivity index (χ2n) is 4.20. The standard InChI is InChI=1S/C11H20N4/c1-2-15(7-10-4-3-5-13-10)8-11-6-12-9-14-11/h6,9-10,13H,2-5,7-8H2,1H3,(H,12,14). The van der Waals surface area contributed by atoms with E-state index in [1.54, 1.807) is 6.33 Å². The minimum absolute atomic E-state index is 0.688. The second-order valence-corrected chi connectivity index (χ2v) is 4.20. The number of nitrogens with zero attached hydrogens (tertiary/aromatic N) is 2. The van der Waals surface area contributed by atoms with Crippen LogP contribution in [0.3, 0.4) is 0 Å². The topological polar surface area (TPSA) is 44.0 Å². The summed E-state index contributed by atoms with van der Waals surface area (Å²) >= 11 is 0. The Morgan fingerprint density at radius 1 is 1.60 bits per heavy atom. The van der Waals surface area contributed by atoms with Crippen molar-refractivity contribution in [2.24, 2.45) is 0 Å². The lowest BCUT2D eigenvalue weighted by molar-refractivity contribution is 0.251. The van der Waals surface area contributed by atoms with Gasteiger partial charge in [0.15, 0.2) is 0 Å². The number of likely N-dealkylation sites (N-methyl/N-ethyl adjacent to an activating group) is 1. The number of aromatic amines is 1. The zero-order valence-electron chi connectivity index (χ0n) is 9.37. The van der Waals surface area contributed by atoms with Crippen LogP contribution < -0.4 is 5.32 Å². The fourth-order valence-corrected chi connectivity index (χ4v) is 2.14. The summed E-state index contributed by atoms with van der Waals surface area (Å²) in [5.41, 5.74) is 1.20. The molecule has 2 N–H and O–H groups in total. The van der Waals surface area contributed by atoms with Crippen molar-refractivity contribution in [1.82, 2.24) is 20.2 Å². The molecule has 1 atom stereocenters. The molecule has 1 aliphatic heterocycles. The van der Waals surface area contributed by atoms with Crippen LogP contribution in [0.4, 0.5) is 0 Å². The summed E-state index contributed by atoms with van der Waals surface area (Å²) in [4.78, 5) is 9.65. The average molecular weight is 208 g/mol. The zero-order chi connectivity index (χ0) is 10.5. The molecular weight excluding hydrogens is 188 g/mol. The van der Waals surface area contributed by atoms with Crippen molar-refractivity contribution in [3.63, 3.8) is 0 Å². The van der Waals surface area contributed by atoms with Gasteiger partial charge < -0.3 is 10.3 Å². The Hall–Kier alpha value is -0.870. The highest BCUT2D eigenvalue weighted by molar-refractivity contribution is 4.94. The fourth-order valence-electron chi connectivity index (χ4n) is 2.14. The van der Waals surface area contributed by atoms with E-state index in [1.165, 1.54) is 25.1 Å². The van der Waals surface area contributed by atoms with Crippen LogP contribution in [-0.2, 0) is 6.54 Å². The molecule has 0 aromatic carbocycles. The lowest BCUT2D eigenvalue weighted by Crippen LogP contribution is -2.37. The van der Waals surface area contributed by atoms with E-state index in [9.17, 15) is 0 Å². The molecule has 0 radical (unpaired) electrons. The maximum Gasteiger partial charge on any atom is 0.0922 e. The third kappa shape index (κ3) is 3.04. The van der Waals surface area contributed by atoms with Gasteiger partial charge in [0, 0.05) is 31.0 Å². The normalized spacial score (nSPS) is 21.3. The Morgan fingerprint density at radius 2 is 2.53 bits per heavy atom. The quantitative estimate of drug-likeness (QED) is 0.758. The summed E-state index contributed by atoms with van der Waals surface area (Å²) in [7, 11) is 0. The van der Waals surface area contributed by atoms with Gasteiger partial charge in [-0.15, -0.1) is 0 Å². The number of rotatable bonds is 5. The van der Waals surface area contributed by atoms with Crippen molar-refractivity contribution in [1.29, 1.82) is 0 Å². The van der Waals surface area contributed by atoms with E-state index < -0.39 is 0 Å². The van der Waals surface area contributed by atoms with Crippen molar-refractivity contribution in [2.45, 2.75) is 32.4 Å². The predicted octanol–water partition coefficient (Wildman–Crippen LogP) is 0.984. The monoisotopic (exact) mass is 208 g/mol. The summed E-state index contributed by atoms with van der Waals surface area (Å²) in [6.45, 7) is 6.62. The molecule has 15 heavy (non-hydrogen) atoms. The van der Waals surface area contributed by atoms with Gasteiger partial charge in [-0.1, -0.05) is 6.92 Å². The molecule has 84 valence electrons. The molecule has 2 heterocycles. The third-order valence-corrected chi connectivity index (χ3v) is 3.04. The molecule has 0 saturated carbocycles. The Labute approximate surface area is 91.1 Å². The van der Waals surface area contributed by atoms with Gasteiger partial charge in [0.2, 0.25) is 0 Å². The molecular formula is C11H20N4. The average Bonchev–Trinajstić information content (AvgIpc) is 2.89. The predicted molar refractivity (Wildman–Crippen MR) is 60.6 cm³/mol. The number of H-pyrrole nitrogens is 1. The van der Waals surface area contributed by atoms with E-state index in [0.717, 1.165) is 19.6 Å². The minimum atomic E-state index is 0.688. The van der Waals surface area contributed by atoms with E-state index in [2.05, 4.69) is 27.1 Å². The number of hydrogen-bond acceptors (Lipinski definition) is 3. The number of hydrogen-bond donors (Lipinski definition) is 2. The second kappa shape index (κ2) is 5.28. The van der Waals surface area contributed by atoms with Crippen LogP contribution in [0.5, 0.6) is 0 Å². The lowest BCUT2D eigenvalue weighted by atomic mass is 10.2. The van der Waals surface area contributed by atoms with Crippen molar-refractivity contribution >= 4 is 0 Å². The van der Waals surface area contributed by atoms with E-state index in [1.807, 2.05) is 6.20 Å². The molecule has 1 aromatic heterocycles. The smallest absolute Gasteiger partial charge is 0.0922 e. The highest BCUT2D eigenvalue weighted by Gasteiger charge is 2.17. The summed E-state index contributed by atoms with van der Waals surface area (Å²) in [6, 6.07) is 0.688. The summed E-state index contributed by atoms with van der Waals surface area (Å²) in [5, 5.41) is 3.53. The number of aromatic nitrogens is 2. The molecule has 0 amide bonds. The van der Waals surface area contributed by atoms with Crippen LogP contribution in [-0.4, -0.2) is 40.5 Å². The molecule has 0 spiro atoms. The molecule has 1 aromatic rings. The van der Waals surface area contributed by atoms with E-state index in [0.29, 0.717) is 6.04 Å². The van der Waals surface area contributed by atoms with Crippen LogP contribution in [0.25, 0.3) is 0 Å². The Kier molecular flexibility index (Phi) is 3.75. The summed E-state index contributed by atoms with van der Waals surface area (Å²) in [6.07, 6.45) is 6.30. The van der Waals surface area contributed by atoms with Crippen LogP contribution in [0.2, 0.25) is 0 Å². The lowest BCUT2D eigenvalue weighted by Gasteiger charge is -2.23. The van der Waals surface area contributed by atoms with Gasteiger partial charge in [0.25, 0.3) is 0 Å². The van der Waals surface area contributed by atoms with Crippen LogP contribution in [0.1, 0.15) is 25.5 Å². The molecule has 2 rings (SSSR count). The van der Waals surface area contributed by atoms with Gasteiger partial charge in [-0.25, -0.2) is 4.98 Å². The molecule has 1 saturated heterocycles. The molecule has 0 bridgehead atoms. The summed E-state index contributed by atoms with van der Waals surface area (Å²) < 4.78 is 0. The molecule has 1 aliphatic rings. The van der Waals surface area contributed by atoms with E-state index in [4.69, 9.17) is 0 Å². The molecule has 4 heteroatoms. The third-order valence-electron chi connectivity index (χ3n) is 3.04. The highest BCUT2D eigenvalue weighted by Crippen LogP contribution is 2.08. The first-order valence-electron chi connectivity index (χ1n) is 5.81. The van der Waals surface area contributed by atoms with Gasteiger partial charge in [-0.05, 0) is 25.9 Å². The first kappa shape index (κ1) is 10.6. The highest BCUT2D eigenvalue weighted by atomic mass is 15.2. The van der Waals surface area contributed by atoms with Crippen molar-refractivity contribution in [3.8, 4) is 0 Å². The minimum Gasteiger partial charge on any atom is -0.347 e. The zero-order valence-corrected chi connectivity index (χ0v) is 9.37. The largest absolute Gasteiger partial charge is 0.347 e. The van der Waals surface area contributed by atoms with Crippen LogP contribution in [0.15, 0.2) is 12.5 Å². The number of nitrogens with one attached hydrogen (secondary N) is 2.